The predicted molar refractivity (Wildman–Crippen MR) is 105 cm³/mol. The highest BCUT2D eigenvalue weighted by molar-refractivity contribution is 9.10. The summed E-state index contributed by atoms with van der Waals surface area (Å²) >= 11 is 6.15. The molecule has 0 saturated heterocycles. The summed E-state index contributed by atoms with van der Waals surface area (Å²) in [5.41, 5.74) is 1.09. The van der Waals surface area contributed by atoms with Gasteiger partial charge in [-0.15, -0.1) is 11.3 Å². The van der Waals surface area contributed by atoms with Crippen molar-refractivity contribution in [1.82, 2.24) is 4.31 Å². The van der Waals surface area contributed by atoms with Gasteiger partial charge in [0.1, 0.15) is 11.5 Å². The van der Waals surface area contributed by atoms with Crippen molar-refractivity contribution in [3.05, 3.63) is 61.1 Å². The Kier molecular flexibility index (Phi) is 5.52. The van der Waals surface area contributed by atoms with E-state index >= 15 is 0 Å². The van der Waals surface area contributed by atoms with Crippen molar-refractivity contribution < 1.29 is 13.4 Å². The van der Waals surface area contributed by atoms with Gasteiger partial charge in [0.25, 0.3) is 5.91 Å². The molecule has 2 aromatic rings. The highest BCUT2D eigenvalue weighted by atomic mass is 79.9. The van der Waals surface area contributed by atoms with Crippen molar-refractivity contribution in [1.29, 1.82) is 0 Å². The lowest BCUT2D eigenvalue weighted by atomic mass is 10.2. The number of hydrogen-bond acceptors (Lipinski definition) is 3. The Bertz CT molecular complexity index is 943. The van der Waals surface area contributed by atoms with Crippen LogP contribution in [0.2, 0.25) is 0 Å². The number of carbonyl (C=O) groups is 1. The number of hydrogen-bond donors (Lipinski definition) is 1. The molecule has 25 heavy (non-hydrogen) atoms. The van der Waals surface area contributed by atoms with Crippen LogP contribution in [-0.2, 0) is 16.0 Å². The molecule has 2 heterocycles. The number of halogens is 3. The fourth-order valence-electron chi connectivity index (χ4n) is 2.02. The molecule has 0 aliphatic carbocycles. The molecule has 1 amide bonds. The quantitative estimate of drug-likeness (QED) is 0.676. The number of anilines is 1. The molecule has 0 fully saturated rings. The molecule has 0 saturated carbocycles. The van der Waals surface area contributed by atoms with Gasteiger partial charge >= 0.3 is 0 Å². The highest BCUT2D eigenvalue weighted by Crippen LogP contribution is 2.25. The second-order valence-corrected chi connectivity index (χ2v) is 8.82. The molecule has 3 rings (SSSR count). The van der Waals surface area contributed by atoms with Gasteiger partial charge in [-0.05, 0) is 62.2 Å². The summed E-state index contributed by atoms with van der Waals surface area (Å²) in [6.07, 6.45) is 1.58. The molecule has 0 radical (unpaired) electrons. The molecule has 0 bridgehead atoms. The number of thiophene rings is 1. The van der Waals surface area contributed by atoms with Crippen LogP contribution in [-0.4, -0.2) is 27.2 Å². The van der Waals surface area contributed by atoms with Gasteiger partial charge in [-0.25, -0.2) is 8.60 Å². The van der Waals surface area contributed by atoms with Crippen molar-refractivity contribution in [2.45, 2.75) is 0 Å². The summed E-state index contributed by atoms with van der Waals surface area (Å²) in [5.74, 6) is -0.886. The minimum Gasteiger partial charge on any atom is -0.321 e. The smallest absolute Gasteiger partial charge is 0.272 e. The maximum atomic E-state index is 13.3. The Balaban J connectivity index is 1.89. The first-order valence-electron chi connectivity index (χ1n) is 6.82. The zero-order valence-corrected chi connectivity index (χ0v) is 17.4. The highest BCUT2D eigenvalue weighted by Gasteiger charge is 2.25. The number of carbonyl (C=O) groups excluding carboxylic acids is 1. The fraction of sp³-hybridized carbons (Fsp3) is 0.0667. The third-order valence-electron chi connectivity index (χ3n) is 3.25. The third-order valence-corrected chi connectivity index (χ3v) is 6.59. The molecule has 10 heteroatoms. The average Bonchev–Trinajstić information content (AvgIpc) is 3.00. The lowest BCUT2D eigenvalue weighted by Gasteiger charge is -2.22. The SMILES string of the molecule is CN1C(C(=O)Nc2ccc(F)c(Br)c2)=CC(c2cc(Br)cs2)=NS1=O. The van der Waals surface area contributed by atoms with E-state index in [1.165, 1.54) is 40.9 Å². The first-order chi connectivity index (χ1) is 11.8. The first kappa shape index (κ1) is 18.4. The van der Waals surface area contributed by atoms with Crippen LogP contribution in [0.1, 0.15) is 4.88 Å². The molecule has 1 atom stereocenters. The second kappa shape index (κ2) is 7.48. The second-order valence-electron chi connectivity index (χ2n) is 4.95. The van der Waals surface area contributed by atoms with Gasteiger partial charge in [0.05, 0.1) is 15.1 Å². The Hall–Kier alpha value is -1.36. The molecule has 0 spiro atoms. The predicted octanol–water partition coefficient (Wildman–Crippen LogP) is 4.25. The summed E-state index contributed by atoms with van der Waals surface area (Å²) in [4.78, 5) is 13.4. The summed E-state index contributed by atoms with van der Waals surface area (Å²) in [6.45, 7) is 0. The number of benzene rings is 1. The maximum Gasteiger partial charge on any atom is 0.272 e. The normalized spacial score (nSPS) is 17.1. The molecule has 1 aromatic carbocycles. The van der Waals surface area contributed by atoms with Crippen molar-refractivity contribution in [3.8, 4) is 0 Å². The monoisotopic (exact) mass is 505 g/mol. The van der Waals surface area contributed by atoms with Crippen LogP contribution in [0.5, 0.6) is 0 Å². The van der Waals surface area contributed by atoms with Gasteiger partial charge in [-0.1, -0.05) is 0 Å². The fourth-order valence-corrected chi connectivity index (χ4v) is 4.59. The van der Waals surface area contributed by atoms with Gasteiger partial charge in [0, 0.05) is 22.6 Å². The van der Waals surface area contributed by atoms with E-state index in [1.54, 1.807) is 6.08 Å². The summed E-state index contributed by atoms with van der Waals surface area (Å²) < 4.78 is 32.0. The standard InChI is InChI=1S/C15H10Br2FN3O2S2/c1-21-13(15(22)19-9-2-3-11(18)10(17)5-9)6-12(20-25(21)23)14-4-8(16)7-24-14/h2-7H,1H3,(H,19,22). The average molecular weight is 507 g/mol. The van der Waals surface area contributed by atoms with Crippen LogP contribution in [0, 0.1) is 5.82 Å². The molecule has 1 N–H and O–H groups in total. The van der Waals surface area contributed by atoms with Crippen molar-refractivity contribution in [2.24, 2.45) is 4.40 Å². The summed E-state index contributed by atoms with van der Waals surface area (Å²) in [6, 6.07) is 5.99. The Morgan fingerprint density at radius 3 is 2.76 bits per heavy atom. The van der Waals surface area contributed by atoms with E-state index in [9.17, 15) is 13.4 Å². The van der Waals surface area contributed by atoms with Crippen molar-refractivity contribution in [2.75, 3.05) is 12.4 Å². The first-order valence-corrected chi connectivity index (χ1v) is 10.3. The van der Waals surface area contributed by atoms with Crippen LogP contribution in [0.3, 0.4) is 0 Å². The van der Waals surface area contributed by atoms with Crippen molar-refractivity contribution >= 4 is 71.7 Å². The number of rotatable bonds is 3. The van der Waals surface area contributed by atoms with Gasteiger partial charge < -0.3 is 5.32 Å². The Labute approximate surface area is 166 Å². The molecule has 1 aliphatic rings. The van der Waals surface area contributed by atoms with E-state index in [2.05, 4.69) is 41.6 Å². The topological polar surface area (TPSA) is 61.8 Å². The maximum absolute atomic E-state index is 13.3. The van der Waals surface area contributed by atoms with Crippen LogP contribution >= 0.6 is 43.2 Å². The van der Waals surface area contributed by atoms with E-state index in [4.69, 9.17) is 0 Å². The van der Waals surface area contributed by atoms with E-state index in [0.29, 0.717) is 11.4 Å². The van der Waals surface area contributed by atoms with Crippen LogP contribution in [0.15, 0.2) is 54.8 Å². The molecule has 1 aromatic heterocycles. The molecule has 1 aliphatic heterocycles. The summed E-state index contributed by atoms with van der Waals surface area (Å²) in [7, 11) is 1.52. The molecule has 5 nitrogen and oxygen atoms in total. The molecule has 1 unspecified atom stereocenters. The van der Waals surface area contributed by atoms with Gasteiger partial charge in [-0.2, -0.15) is 4.40 Å². The Morgan fingerprint density at radius 1 is 1.36 bits per heavy atom. The Morgan fingerprint density at radius 2 is 2.12 bits per heavy atom. The zero-order valence-electron chi connectivity index (χ0n) is 12.6. The molecular formula is C15H10Br2FN3O2S2. The van der Waals surface area contributed by atoms with Gasteiger partial charge in [0.2, 0.25) is 11.2 Å². The van der Waals surface area contributed by atoms with E-state index in [0.717, 1.165) is 9.35 Å². The zero-order chi connectivity index (χ0) is 18.1. The van der Waals surface area contributed by atoms with Crippen molar-refractivity contribution in [3.63, 3.8) is 0 Å². The molecule has 130 valence electrons. The van der Waals surface area contributed by atoms with E-state index in [-0.39, 0.29) is 10.2 Å². The van der Waals surface area contributed by atoms with Crippen LogP contribution in [0.25, 0.3) is 0 Å². The number of nitrogens with one attached hydrogen (secondary N) is 1. The van der Waals surface area contributed by atoms with E-state index in [1.807, 2.05) is 11.4 Å². The lowest BCUT2D eigenvalue weighted by Crippen LogP contribution is -2.32. The number of nitrogens with zero attached hydrogens (tertiary/aromatic N) is 2. The van der Waals surface area contributed by atoms with Crippen LogP contribution < -0.4 is 5.32 Å². The summed E-state index contributed by atoms with van der Waals surface area (Å²) in [5, 5.41) is 4.54. The largest absolute Gasteiger partial charge is 0.321 e. The number of likely N-dealkylation sites (N-methyl/N-ethyl adjacent to an activating group) is 1. The molecular weight excluding hydrogens is 497 g/mol. The van der Waals surface area contributed by atoms with E-state index < -0.39 is 22.9 Å². The van der Waals surface area contributed by atoms with Crippen LogP contribution in [0.4, 0.5) is 10.1 Å². The number of amides is 1. The third kappa shape index (κ3) is 4.08. The minimum atomic E-state index is -1.71. The minimum absolute atomic E-state index is 0.202. The van der Waals surface area contributed by atoms with Gasteiger partial charge in [-0.3, -0.25) is 9.10 Å². The van der Waals surface area contributed by atoms with Gasteiger partial charge in [0.15, 0.2) is 0 Å². The number of allylic oxidation sites excluding steroid dienone is 1. The lowest BCUT2D eigenvalue weighted by molar-refractivity contribution is -0.113.